The highest BCUT2D eigenvalue weighted by Crippen LogP contribution is 2.60. The fraction of sp³-hybridized carbons (Fsp3) is 0.833. The zero-order valence-electron chi connectivity index (χ0n) is 9.81. The van der Waals surface area contributed by atoms with Gasteiger partial charge in [-0.2, -0.15) is 0 Å². The molecule has 0 spiro atoms. The summed E-state index contributed by atoms with van der Waals surface area (Å²) < 4.78 is 0. The summed E-state index contributed by atoms with van der Waals surface area (Å²) in [6, 6.07) is 0. The van der Waals surface area contributed by atoms with Crippen LogP contribution in [0, 0.1) is 16.7 Å². The zero-order valence-corrected chi connectivity index (χ0v) is 10.6. The third-order valence-corrected chi connectivity index (χ3v) is 4.96. The van der Waals surface area contributed by atoms with Crippen LogP contribution in [-0.4, -0.2) is 17.7 Å². The minimum atomic E-state index is -0.375. The Morgan fingerprint density at radius 2 is 2.12 bits per heavy atom. The second-order valence-corrected chi connectivity index (χ2v) is 5.88. The Morgan fingerprint density at radius 1 is 1.44 bits per heavy atom. The molecule has 1 aliphatic carbocycles. The number of piperidine rings is 1. The molecule has 2 rings (SSSR count). The summed E-state index contributed by atoms with van der Waals surface area (Å²) in [5.41, 5.74) is -0.598. The maximum absolute atomic E-state index is 12.1. The second kappa shape index (κ2) is 3.73. The lowest BCUT2D eigenvalue weighted by atomic mass is 9.60. The number of nitrogens with one attached hydrogen (secondary N) is 1. The first-order valence-electron chi connectivity index (χ1n) is 5.87. The number of hydrogen-bond acceptors (Lipinski definition) is 2. The number of halogens is 1. The molecule has 1 saturated heterocycles. The SMILES string of the molecule is CC1(C)C2CCC1(CCCCl)C(=O)NC2=O. The van der Waals surface area contributed by atoms with Crippen LogP contribution in [0.15, 0.2) is 0 Å². The highest BCUT2D eigenvalue weighted by Gasteiger charge is 2.63. The number of imide groups is 1. The third-order valence-electron chi connectivity index (χ3n) is 4.69. The molecular weight excluding hydrogens is 226 g/mol. The third kappa shape index (κ3) is 1.33. The molecule has 1 heterocycles. The molecule has 1 aliphatic heterocycles. The molecule has 2 amide bonds. The largest absolute Gasteiger partial charge is 0.296 e. The summed E-state index contributed by atoms with van der Waals surface area (Å²) in [6.07, 6.45) is 3.27. The van der Waals surface area contributed by atoms with Crippen molar-refractivity contribution in [1.82, 2.24) is 5.32 Å². The van der Waals surface area contributed by atoms with Crippen molar-refractivity contribution in [3.63, 3.8) is 0 Å². The van der Waals surface area contributed by atoms with Gasteiger partial charge < -0.3 is 0 Å². The smallest absolute Gasteiger partial charge is 0.233 e. The van der Waals surface area contributed by atoms with Gasteiger partial charge in [-0.25, -0.2) is 0 Å². The normalized spacial score (nSPS) is 36.3. The summed E-state index contributed by atoms with van der Waals surface area (Å²) in [5.74, 6) is 0.389. The summed E-state index contributed by atoms with van der Waals surface area (Å²) in [5, 5.41) is 2.53. The molecule has 0 aromatic rings. The van der Waals surface area contributed by atoms with Crippen LogP contribution in [0.25, 0.3) is 0 Å². The van der Waals surface area contributed by atoms with E-state index in [0.29, 0.717) is 5.88 Å². The van der Waals surface area contributed by atoms with Crippen LogP contribution < -0.4 is 5.32 Å². The number of alkyl halides is 1. The van der Waals surface area contributed by atoms with E-state index in [4.69, 9.17) is 11.6 Å². The standard InChI is InChI=1S/C12H18ClNO2/c1-11(2)8-4-6-12(11,5-3-7-13)10(16)14-9(8)15/h8H,3-7H2,1-2H3,(H,14,15,16). The second-order valence-electron chi connectivity index (χ2n) is 5.51. The number of amides is 2. The van der Waals surface area contributed by atoms with Gasteiger partial charge in [-0.3, -0.25) is 14.9 Å². The average molecular weight is 244 g/mol. The summed E-state index contributed by atoms with van der Waals surface area (Å²) in [4.78, 5) is 23.9. The topological polar surface area (TPSA) is 46.2 Å². The van der Waals surface area contributed by atoms with E-state index in [0.717, 1.165) is 25.7 Å². The Balaban J connectivity index is 2.35. The molecule has 90 valence electrons. The van der Waals surface area contributed by atoms with Crippen molar-refractivity contribution in [3.05, 3.63) is 0 Å². The predicted octanol–water partition coefficient (Wildman–Crippen LogP) is 2.08. The molecule has 3 nitrogen and oxygen atoms in total. The van der Waals surface area contributed by atoms with Crippen LogP contribution in [0.4, 0.5) is 0 Å². The predicted molar refractivity (Wildman–Crippen MR) is 62.0 cm³/mol. The van der Waals surface area contributed by atoms with E-state index in [1.807, 2.05) is 0 Å². The van der Waals surface area contributed by atoms with Crippen molar-refractivity contribution in [2.24, 2.45) is 16.7 Å². The highest BCUT2D eigenvalue weighted by atomic mass is 35.5. The van der Waals surface area contributed by atoms with E-state index in [2.05, 4.69) is 19.2 Å². The Bertz CT molecular complexity index is 340. The average Bonchev–Trinajstić information content (AvgIpc) is 2.38. The number of fused-ring (bicyclic) bond motifs is 2. The van der Waals surface area contributed by atoms with Crippen LogP contribution in [0.3, 0.4) is 0 Å². The minimum absolute atomic E-state index is 0.0134. The van der Waals surface area contributed by atoms with E-state index in [1.165, 1.54) is 0 Å². The van der Waals surface area contributed by atoms with Crippen molar-refractivity contribution in [3.8, 4) is 0 Å². The van der Waals surface area contributed by atoms with E-state index < -0.39 is 0 Å². The molecule has 0 aromatic heterocycles. The number of carbonyl (C=O) groups is 2. The van der Waals surface area contributed by atoms with E-state index in [1.54, 1.807) is 0 Å². The molecule has 2 atom stereocenters. The zero-order chi connectivity index (χ0) is 12.0. The Hall–Kier alpha value is -0.570. The van der Waals surface area contributed by atoms with Gasteiger partial charge in [0.15, 0.2) is 0 Å². The fourth-order valence-corrected chi connectivity index (χ4v) is 3.65. The Labute approximate surface area is 101 Å². The highest BCUT2D eigenvalue weighted by molar-refractivity contribution is 6.17. The first kappa shape index (κ1) is 11.9. The van der Waals surface area contributed by atoms with Crippen LogP contribution in [0.2, 0.25) is 0 Å². The van der Waals surface area contributed by atoms with E-state index in [9.17, 15) is 9.59 Å². The van der Waals surface area contributed by atoms with Gasteiger partial charge >= 0.3 is 0 Å². The van der Waals surface area contributed by atoms with Gasteiger partial charge in [-0.05, 0) is 31.1 Å². The van der Waals surface area contributed by atoms with Gasteiger partial charge in [-0.15, -0.1) is 11.6 Å². The molecule has 0 radical (unpaired) electrons. The summed E-state index contributed by atoms with van der Waals surface area (Å²) in [6.45, 7) is 4.10. The summed E-state index contributed by atoms with van der Waals surface area (Å²) in [7, 11) is 0. The molecule has 2 aliphatic rings. The molecule has 2 fully saturated rings. The van der Waals surface area contributed by atoms with Gasteiger partial charge in [0.2, 0.25) is 11.8 Å². The number of rotatable bonds is 3. The number of hydrogen-bond donors (Lipinski definition) is 1. The molecule has 0 aromatic carbocycles. The van der Waals surface area contributed by atoms with Crippen LogP contribution in [-0.2, 0) is 9.59 Å². The van der Waals surface area contributed by atoms with Crippen molar-refractivity contribution in [1.29, 1.82) is 0 Å². The maximum Gasteiger partial charge on any atom is 0.233 e. The van der Waals surface area contributed by atoms with Crippen molar-refractivity contribution >= 4 is 23.4 Å². The van der Waals surface area contributed by atoms with Crippen molar-refractivity contribution in [2.75, 3.05) is 5.88 Å². The van der Waals surface area contributed by atoms with Gasteiger partial charge in [0, 0.05) is 11.8 Å². The van der Waals surface area contributed by atoms with E-state index in [-0.39, 0.29) is 28.6 Å². The molecule has 2 bridgehead atoms. The first-order valence-corrected chi connectivity index (χ1v) is 6.40. The maximum atomic E-state index is 12.1. The number of carbonyl (C=O) groups excluding carboxylic acids is 2. The Kier molecular flexibility index (Phi) is 2.77. The van der Waals surface area contributed by atoms with Crippen LogP contribution in [0.1, 0.15) is 39.5 Å². The lowest BCUT2D eigenvalue weighted by Crippen LogP contribution is -2.58. The molecular formula is C12H18ClNO2. The summed E-state index contributed by atoms with van der Waals surface area (Å²) >= 11 is 5.72. The minimum Gasteiger partial charge on any atom is -0.296 e. The lowest BCUT2D eigenvalue weighted by Gasteiger charge is -2.45. The molecule has 4 heteroatoms. The lowest BCUT2D eigenvalue weighted by molar-refractivity contribution is -0.152. The van der Waals surface area contributed by atoms with Crippen molar-refractivity contribution in [2.45, 2.75) is 39.5 Å². The van der Waals surface area contributed by atoms with Gasteiger partial charge in [0.05, 0.1) is 5.41 Å². The van der Waals surface area contributed by atoms with Gasteiger partial charge in [-0.1, -0.05) is 13.8 Å². The Morgan fingerprint density at radius 3 is 2.75 bits per heavy atom. The monoisotopic (exact) mass is 243 g/mol. The quantitative estimate of drug-likeness (QED) is 0.610. The molecule has 2 unspecified atom stereocenters. The van der Waals surface area contributed by atoms with Crippen LogP contribution >= 0.6 is 11.6 Å². The van der Waals surface area contributed by atoms with Crippen LogP contribution in [0.5, 0.6) is 0 Å². The fourth-order valence-electron chi connectivity index (χ4n) is 3.52. The molecule has 1 saturated carbocycles. The van der Waals surface area contributed by atoms with Gasteiger partial charge in [0.1, 0.15) is 0 Å². The molecule has 1 N–H and O–H groups in total. The van der Waals surface area contributed by atoms with Crippen molar-refractivity contribution < 1.29 is 9.59 Å². The molecule has 16 heavy (non-hydrogen) atoms. The van der Waals surface area contributed by atoms with Gasteiger partial charge in [0.25, 0.3) is 0 Å². The van der Waals surface area contributed by atoms with E-state index >= 15 is 0 Å². The first-order chi connectivity index (χ1) is 7.45.